The number of hydrogen-bond donors (Lipinski definition) is 1. The number of rotatable bonds is 2. The molecule has 3 nitrogen and oxygen atoms in total. The highest BCUT2D eigenvalue weighted by molar-refractivity contribution is 6.30. The lowest BCUT2D eigenvalue weighted by Gasteiger charge is -2.08. The van der Waals surface area contributed by atoms with Crippen molar-refractivity contribution in [3.8, 4) is 11.5 Å². The van der Waals surface area contributed by atoms with Crippen LogP contribution in [-0.4, -0.2) is 4.98 Å². The number of nitrogens with two attached hydrogens (primary N) is 1. The second-order valence-electron chi connectivity index (χ2n) is 3.09. The lowest BCUT2D eigenvalue weighted by molar-refractivity contribution is 0.478. The Morgan fingerprint density at radius 1 is 1.31 bits per heavy atom. The van der Waals surface area contributed by atoms with Crippen molar-refractivity contribution in [2.75, 3.05) is 5.73 Å². The Morgan fingerprint density at radius 2 is 2.12 bits per heavy atom. The molecule has 0 aliphatic carbocycles. The molecule has 0 saturated carbocycles. The molecule has 0 fully saturated rings. The molecule has 0 radical (unpaired) electrons. The molecule has 1 heterocycles. The number of nitrogens with zero attached hydrogens (tertiary/aromatic N) is 1. The van der Waals surface area contributed by atoms with E-state index in [1.165, 1.54) is 24.5 Å². The van der Waals surface area contributed by atoms with Crippen LogP contribution in [-0.2, 0) is 0 Å². The van der Waals surface area contributed by atoms with Crippen molar-refractivity contribution in [3.63, 3.8) is 0 Å². The quantitative estimate of drug-likeness (QED) is 0.817. The fourth-order valence-corrected chi connectivity index (χ4v) is 1.35. The van der Waals surface area contributed by atoms with Gasteiger partial charge in [0.15, 0.2) is 5.75 Å². The van der Waals surface area contributed by atoms with Crippen LogP contribution in [0.4, 0.5) is 10.1 Å². The molecule has 5 heteroatoms. The summed E-state index contributed by atoms with van der Waals surface area (Å²) in [6, 6.07) is 5.91. The van der Waals surface area contributed by atoms with Crippen LogP contribution in [0.5, 0.6) is 11.5 Å². The van der Waals surface area contributed by atoms with Gasteiger partial charge in [0, 0.05) is 12.3 Å². The summed E-state index contributed by atoms with van der Waals surface area (Å²) in [5.41, 5.74) is 5.48. The van der Waals surface area contributed by atoms with Crippen LogP contribution in [0, 0.1) is 5.82 Å². The molecule has 0 unspecified atom stereocenters. The number of aromatic nitrogens is 1. The molecule has 0 amide bonds. The first-order chi connectivity index (χ1) is 7.66. The van der Waals surface area contributed by atoms with Crippen LogP contribution < -0.4 is 10.5 Å². The molecule has 0 aliphatic rings. The summed E-state index contributed by atoms with van der Waals surface area (Å²) in [5, 5.41) is 0.437. The van der Waals surface area contributed by atoms with E-state index in [1.807, 2.05) is 0 Å². The highest BCUT2D eigenvalue weighted by Crippen LogP contribution is 2.29. The van der Waals surface area contributed by atoms with E-state index in [1.54, 1.807) is 12.1 Å². The number of hydrogen-bond acceptors (Lipinski definition) is 3. The molecule has 16 heavy (non-hydrogen) atoms. The van der Waals surface area contributed by atoms with Crippen molar-refractivity contribution < 1.29 is 9.13 Å². The van der Waals surface area contributed by atoms with E-state index in [0.717, 1.165) is 0 Å². The van der Waals surface area contributed by atoms with Crippen LogP contribution in [0.1, 0.15) is 0 Å². The molecular formula is C11H8ClFN2O. The van der Waals surface area contributed by atoms with E-state index in [4.69, 9.17) is 22.1 Å². The van der Waals surface area contributed by atoms with Gasteiger partial charge < -0.3 is 10.5 Å². The maximum Gasteiger partial charge on any atom is 0.153 e. The third kappa shape index (κ3) is 2.23. The molecule has 0 bridgehead atoms. The van der Waals surface area contributed by atoms with E-state index in [2.05, 4.69) is 4.98 Å². The lowest BCUT2D eigenvalue weighted by Crippen LogP contribution is -1.95. The highest BCUT2D eigenvalue weighted by Gasteiger charge is 2.06. The van der Waals surface area contributed by atoms with Gasteiger partial charge in [0.2, 0.25) is 0 Å². The zero-order chi connectivity index (χ0) is 11.5. The summed E-state index contributed by atoms with van der Waals surface area (Å²) < 4.78 is 18.5. The topological polar surface area (TPSA) is 48.1 Å². The summed E-state index contributed by atoms with van der Waals surface area (Å²) in [4.78, 5) is 3.84. The fraction of sp³-hybridized carbons (Fsp3) is 0. The van der Waals surface area contributed by atoms with Crippen molar-refractivity contribution >= 4 is 17.3 Å². The van der Waals surface area contributed by atoms with E-state index < -0.39 is 5.82 Å². The van der Waals surface area contributed by atoms with Crippen LogP contribution in [0.25, 0.3) is 0 Å². The number of pyridine rings is 1. The molecule has 1 aromatic heterocycles. The van der Waals surface area contributed by atoms with Crippen molar-refractivity contribution in [1.82, 2.24) is 4.98 Å². The van der Waals surface area contributed by atoms with E-state index in [0.29, 0.717) is 10.8 Å². The van der Waals surface area contributed by atoms with E-state index >= 15 is 0 Å². The summed E-state index contributed by atoms with van der Waals surface area (Å²) in [7, 11) is 0. The van der Waals surface area contributed by atoms with Crippen LogP contribution >= 0.6 is 11.6 Å². The number of para-hydroxylation sites is 1. The van der Waals surface area contributed by atoms with Crippen LogP contribution in [0.2, 0.25) is 5.02 Å². The minimum Gasteiger partial charge on any atom is -0.453 e. The van der Waals surface area contributed by atoms with E-state index in [9.17, 15) is 4.39 Å². The summed E-state index contributed by atoms with van der Waals surface area (Å²) in [6.07, 6.45) is 2.94. The molecule has 0 aliphatic heterocycles. The molecule has 1 aromatic carbocycles. The lowest BCUT2D eigenvalue weighted by atomic mass is 10.3. The molecular weight excluding hydrogens is 231 g/mol. The minimum atomic E-state index is -0.521. The van der Waals surface area contributed by atoms with Gasteiger partial charge in [-0.05, 0) is 12.1 Å². The van der Waals surface area contributed by atoms with Gasteiger partial charge in [-0.1, -0.05) is 17.7 Å². The Kier molecular flexibility index (Phi) is 2.92. The first kappa shape index (κ1) is 10.7. The number of ether oxygens (including phenoxy) is 1. The van der Waals surface area contributed by atoms with Gasteiger partial charge in [-0.3, -0.25) is 4.98 Å². The van der Waals surface area contributed by atoms with Crippen molar-refractivity contribution in [1.29, 1.82) is 0 Å². The zero-order valence-electron chi connectivity index (χ0n) is 8.15. The van der Waals surface area contributed by atoms with Crippen molar-refractivity contribution in [2.24, 2.45) is 0 Å². The summed E-state index contributed by atoms with van der Waals surface area (Å²) in [5.74, 6) is 0.126. The molecule has 2 rings (SSSR count). The average Bonchev–Trinajstić information content (AvgIpc) is 2.25. The normalized spacial score (nSPS) is 10.1. The van der Waals surface area contributed by atoms with Crippen LogP contribution in [0.15, 0.2) is 36.7 Å². The monoisotopic (exact) mass is 238 g/mol. The summed E-state index contributed by atoms with van der Waals surface area (Å²) >= 11 is 5.73. The van der Waals surface area contributed by atoms with Crippen molar-refractivity contribution in [2.45, 2.75) is 0 Å². The number of halogens is 2. The third-order valence-corrected chi connectivity index (χ3v) is 2.13. The van der Waals surface area contributed by atoms with E-state index in [-0.39, 0.29) is 11.4 Å². The molecule has 0 spiro atoms. The third-order valence-electron chi connectivity index (χ3n) is 1.92. The van der Waals surface area contributed by atoms with Gasteiger partial charge in [0.25, 0.3) is 0 Å². The van der Waals surface area contributed by atoms with Gasteiger partial charge in [0.05, 0.1) is 11.2 Å². The number of anilines is 1. The smallest absolute Gasteiger partial charge is 0.153 e. The number of nitrogen functional groups attached to an aromatic ring is 1. The van der Waals surface area contributed by atoms with Crippen LogP contribution in [0.3, 0.4) is 0 Å². The van der Waals surface area contributed by atoms with Crippen molar-refractivity contribution in [3.05, 3.63) is 47.5 Å². The number of benzene rings is 1. The average molecular weight is 239 g/mol. The Hall–Kier alpha value is -1.81. The summed E-state index contributed by atoms with van der Waals surface area (Å²) in [6.45, 7) is 0. The standard InChI is InChI=1S/C11H8ClFN2O/c12-7-4-8(6-15-5-7)16-10-3-1-2-9(13)11(10)14/h1-6H,14H2. The minimum absolute atomic E-state index is 0.0394. The van der Waals surface area contributed by atoms with Gasteiger partial charge in [-0.25, -0.2) is 4.39 Å². The predicted molar refractivity (Wildman–Crippen MR) is 60.1 cm³/mol. The van der Waals surface area contributed by atoms with Gasteiger partial charge in [-0.2, -0.15) is 0 Å². The Labute approximate surface area is 96.6 Å². The Balaban J connectivity index is 2.31. The first-order valence-corrected chi connectivity index (χ1v) is 4.87. The SMILES string of the molecule is Nc1c(F)cccc1Oc1cncc(Cl)c1. The second kappa shape index (κ2) is 4.37. The second-order valence-corrected chi connectivity index (χ2v) is 3.53. The molecule has 2 aromatic rings. The zero-order valence-corrected chi connectivity index (χ0v) is 8.91. The van der Waals surface area contributed by atoms with Gasteiger partial charge >= 0.3 is 0 Å². The fourth-order valence-electron chi connectivity index (χ4n) is 1.18. The Bertz CT molecular complexity index is 519. The first-order valence-electron chi connectivity index (χ1n) is 4.49. The maximum atomic E-state index is 13.1. The van der Waals surface area contributed by atoms with Gasteiger partial charge in [-0.15, -0.1) is 0 Å². The maximum absolute atomic E-state index is 13.1. The highest BCUT2D eigenvalue weighted by atomic mass is 35.5. The largest absolute Gasteiger partial charge is 0.453 e. The molecule has 0 atom stereocenters. The predicted octanol–water partition coefficient (Wildman–Crippen LogP) is 3.25. The Morgan fingerprint density at radius 3 is 2.88 bits per heavy atom. The molecule has 2 N–H and O–H groups in total. The van der Waals surface area contributed by atoms with Gasteiger partial charge in [0.1, 0.15) is 17.3 Å². The molecule has 0 saturated heterocycles. The molecule has 82 valence electrons.